The van der Waals surface area contributed by atoms with Crippen molar-refractivity contribution in [1.82, 2.24) is 4.98 Å². The Bertz CT molecular complexity index is 690. The fraction of sp³-hybridized carbons (Fsp3) is 0. The summed E-state index contributed by atoms with van der Waals surface area (Å²) in [5.74, 6) is -0.128. The molecule has 2 aromatic carbocycles. The van der Waals surface area contributed by atoms with Gasteiger partial charge in [-0.25, -0.2) is 4.98 Å². The number of hydrogen-bond donors (Lipinski definition) is 0. The molecule has 0 saturated carbocycles. The minimum Gasteiger partial charge on any atom is -0.562 e. The first-order valence-electron chi connectivity index (χ1n) is 5.73. The molecule has 0 saturated heterocycles. The van der Waals surface area contributed by atoms with Gasteiger partial charge < -0.3 is 9.52 Å². The third-order valence-corrected chi connectivity index (χ3v) is 2.99. The van der Waals surface area contributed by atoms with Gasteiger partial charge in [-0.15, -0.1) is 0 Å². The zero-order valence-corrected chi connectivity index (χ0v) is 10.6. The van der Waals surface area contributed by atoms with Crippen LogP contribution in [0.2, 0.25) is 5.02 Å². The molecular weight excluding hydrogens is 262 g/mol. The Labute approximate surface area is 115 Å². The predicted octanol–water partition coefficient (Wildman–Crippen LogP) is 3.74. The topological polar surface area (TPSA) is 49.1 Å². The average Bonchev–Trinajstić information content (AvgIpc) is 2.83. The van der Waals surface area contributed by atoms with Crippen LogP contribution in [0.15, 0.2) is 59.0 Å². The summed E-state index contributed by atoms with van der Waals surface area (Å²) >= 11 is 5.82. The van der Waals surface area contributed by atoms with Gasteiger partial charge in [0.15, 0.2) is 0 Å². The van der Waals surface area contributed by atoms with Crippen LogP contribution in [-0.2, 0) is 0 Å². The maximum atomic E-state index is 11.8. The molecule has 0 bridgehead atoms. The molecule has 0 N–H and O–H groups in total. The number of aromatic nitrogens is 1. The molecule has 3 nitrogen and oxygen atoms in total. The summed E-state index contributed by atoms with van der Waals surface area (Å²) in [6, 6.07) is 16.2. The molecule has 4 heteroatoms. The molecule has 0 radical (unpaired) electrons. The molecule has 1 heterocycles. The van der Waals surface area contributed by atoms with Gasteiger partial charge in [-0.3, -0.25) is 0 Å². The second-order valence-corrected chi connectivity index (χ2v) is 4.46. The summed E-state index contributed by atoms with van der Waals surface area (Å²) < 4.78 is 5.19. The Hall–Kier alpha value is -2.26. The number of rotatable bonds is 2. The van der Waals surface area contributed by atoms with E-state index in [1.807, 2.05) is 30.3 Å². The largest absolute Gasteiger partial charge is 0.562 e. The Morgan fingerprint density at radius 2 is 1.58 bits per heavy atom. The molecule has 0 amide bonds. The summed E-state index contributed by atoms with van der Waals surface area (Å²) in [7, 11) is 0. The lowest BCUT2D eigenvalue weighted by Crippen LogP contribution is -1.89. The molecule has 0 aliphatic heterocycles. The highest BCUT2D eigenvalue weighted by molar-refractivity contribution is 6.30. The average molecular weight is 271 g/mol. The van der Waals surface area contributed by atoms with Crippen LogP contribution in [-0.4, -0.2) is 4.98 Å². The number of oxazole rings is 1. The van der Waals surface area contributed by atoms with Crippen molar-refractivity contribution >= 4 is 11.6 Å². The van der Waals surface area contributed by atoms with E-state index in [1.54, 1.807) is 24.3 Å². The van der Waals surface area contributed by atoms with Crippen LogP contribution in [0.1, 0.15) is 0 Å². The molecule has 0 unspecified atom stereocenters. The number of hydrogen-bond acceptors (Lipinski definition) is 3. The van der Waals surface area contributed by atoms with Crippen LogP contribution in [0.3, 0.4) is 0 Å². The molecule has 1 aromatic heterocycles. The van der Waals surface area contributed by atoms with Crippen LogP contribution in [0, 0.1) is 0 Å². The first-order chi connectivity index (χ1) is 9.24. The number of halogens is 1. The lowest BCUT2D eigenvalue weighted by molar-refractivity contribution is -0.292. The lowest BCUT2D eigenvalue weighted by atomic mass is 10.2. The van der Waals surface area contributed by atoms with E-state index in [-0.39, 0.29) is 0 Å². The zero-order valence-electron chi connectivity index (χ0n) is 9.84. The van der Waals surface area contributed by atoms with Crippen molar-refractivity contribution in [3.05, 3.63) is 59.6 Å². The maximum absolute atomic E-state index is 11.8. The van der Waals surface area contributed by atoms with E-state index in [1.165, 1.54) is 0 Å². The van der Waals surface area contributed by atoms with Gasteiger partial charge in [0, 0.05) is 16.1 Å². The van der Waals surface area contributed by atoms with Gasteiger partial charge >= 0.3 is 0 Å². The minimum atomic E-state index is -0.434. The molecule has 0 fully saturated rings. The van der Waals surface area contributed by atoms with E-state index in [0.29, 0.717) is 16.6 Å². The smallest absolute Gasteiger partial charge is 0.112 e. The van der Waals surface area contributed by atoms with E-state index in [2.05, 4.69) is 4.98 Å². The quantitative estimate of drug-likeness (QED) is 0.713. The minimum absolute atomic E-state index is 0.306. The van der Waals surface area contributed by atoms with Gasteiger partial charge in [0.25, 0.3) is 0 Å². The normalized spacial score (nSPS) is 10.6. The first kappa shape index (κ1) is 11.8. The van der Waals surface area contributed by atoms with Crippen molar-refractivity contribution < 1.29 is 9.52 Å². The van der Waals surface area contributed by atoms with Gasteiger partial charge in [-0.05, 0) is 12.1 Å². The number of nitrogens with zero attached hydrogens (tertiary/aromatic N) is 1. The van der Waals surface area contributed by atoms with E-state index in [9.17, 15) is 5.11 Å². The van der Waals surface area contributed by atoms with Crippen molar-refractivity contribution in [2.75, 3.05) is 0 Å². The molecule has 0 atom stereocenters. The van der Waals surface area contributed by atoms with E-state index in [0.717, 1.165) is 11.1 Å². The molecule has 3 aromatic rings. The highest BCUT2D eigenvalue weighted by atomic mass is 35.5. The van der Waals surface area contributed by atoms with Crippen LogP contribution in [0.5, 0.6) is 5.95 Å². The third-order valence-electron chi connectivity index (χ3n) is 2.73. The van der Waals surface area contributed by atoms with Crippen LogP contribution in [0.25, 0.3) is 22.7 Å². The molecule has 19 heavy (non-hydrogen) atoms. The molecule has 0 aliphatic carbocycles. The Morgan fingerprint density at radius 3 is 2.26 bits per heavy atom. The Kier molecular flexibility index (Phi) is 2.97. The fourth-order valence-corrected chi connectivity index (χ4v) is 1.93. The standard InChI is InChI=1S/C15H10ClNO2/c16-12-8-6-11(7-9-12)14-17-13(15(18)19-14)10-4-2-1-3-5-10/h1-9,18H/p-1. The molecular formula is C15H9ClNO2-. The lowest BCUT2D eigenvalue weighted by Gasteiger charge is -1.99. The number of benzene rings is 2. The molecule has 0 aliphatic rings. The Balaban J connectivity index is 2.04. The molecule has 0 spiro atoms. The second kappa shape index (κ2) is 4.78. The van der Waals surface area contributed by atoms with E-state index >= 15 is 0 Å². The predicted molar refractivity (Wildman–Crippen MR) is 71.8 cm³/mol. The van der Waals surface area contributed by atoms with Crippen LogP contribution >= 0.6 is 11.6 Å². The van der Waals surface area contributed by atoms with Crippen molar-refractivity contribution in [3.63, 3.8) is 0 Å². The Morgan fingerprint density at radius 1 is 0.895 bits per heavy atom. The van der Waals surface area contributed by atoms with Crippen molar-refractivity contribution in [2.45, 2.75) is 0 Å². The van der Waals surface area contributed by atoms with Gasteiger partial charge in [-0.1, -0.05) is 54.1 Å². The van der Waals surface area contributed by atoms with Gasteiger partial charge in [0.1, 0.15) is 5.89 Å². The molecule has 3 rings (SSSR count). The summed E-state index contributed by atoms with van der Waals surface area (Å²) in [5, 5.41) is 12.5. The summed E-state index contributed by atoms with van der Waals surface area (Å²) in [6.45, 7) is 0. The fourth-order valence-electron chi connectivity index (χ4n) is 1.80. The maximum Gasteiger partial charge on any atom is 0.112 e. The van der Waals surface area contributed by atoms with E-state index < -0.39 is 5.95 Å². The highest BCUT2D eigenvalue weighted by Gasteiger charge is 2.07. The van der Waals surface area contributed by atoms with Gasteiger partial charge in [-0.2, -0.15) is 0 Å². The summed E-state index contributed by atoms with van der Waals surface area (Å²) in [6.07, 6.45) is 0. The van der Waals surface area contributed by atoms with Crippen molar-refractivity contribution in [3.8, 4) is 28.7 Å². The van der Waals surface area contributed by atoms with Crippen molar-refractivity contribution in [2.24, 2.45) is 0 Å². The summed E-state index contributed by atoms with van der Waals surface area (Å²) in [4.78, 5) is 4.26. The molecule has 94 valence electrons. The van der Waals surface area contributed by atoms with Crippen LogP contribution < -0.4 is 5.11 Å². The monoisotopic (exact) mass is 270 g/mol. The second-order valence-electron chi connectivity index (χ2n) is 4.03. The van der Waals surface area contributed by atoms with Crippen LogP contribution in [0.4, 0.5) is 0 Å². The highest BCUT2D eigenvalue weighted by Crippen LogP contribution is 2.31. The third kappa shape index (κ3) is 2.33. The SMILES string of the molecule is [O-]c1oc(-c2ccc(Cl)cc2)nc1-c1ccccc1. The van der Waals surface area contributed by atoms with Crippen molar-refractivity contribution in [1.29, 1.82) is 0 Å². The zero-order chi connectivity index (χ0) is 13.2. The first-order valence-corrected chi connectivity index (χ1v) is 6.11. The summed E-state index contributed by atoms with van der Waals surface area (Å²) in [5.41, 5.74) is 1.80. The van der Waals surface area contributed by atoms with Gasteiger partial charge in [0.2, 0.25) is 0 Å². The van der Waals surface area contributed by atoms with Gasteiger partial charge in [0.05, 0.1) is 11.6 Å². The van der Waals surface area contributed by atoms with E-state index in [4.69, 9.17) is 16.0 Å².